The van der Waals surface area contributed by atoms with E-state index in [2.05, 4.69) is 10.2 Å². The summed E-state index contributed by atoms with van der Waals surface area (Å²) in [7, 11) is 0. The van der Waals surface area contributed by atoms with Crippen molar-refractivity contribution in [3.63, 3.8) is 0 Å². The maximum atomic E-state index is 11.9. The van der Waals surface area contributed by atoms with E-state index in [1.54, 1.807) is 26.3 Å². The first-order chi connectivity index (χ1) is 7.98. The van der Waals surface area contributed by atoms with Gasteiger partial charge in [0, 0.05) is 0 Å². The second-order valence-corrected chi connectivity index (χ2v) is 5.82. The van der Waals surface area contributed by atoms with Gasteiger partial charge in [-0.1, -0.05) is 23.1 Å². The molecule has 0 atom stereocenters. The van der Waals surface area contributed by atoms with Crippen molar-refractivity contribution in [1.29, 1.82) is 0 Å². The molecule has 1 aromatic rings. The zero-order valence-corrected chi connectivity index (χ0v) is 11.6. The first-order valence-corrected chi connectivity index (χ1v) is 6.94. The summed E-state index contributed by atoms with van der Waals surface area (Å²) in [6, 6.07) is 0. The molecule has 94 valence electrons. The Morgan fingerprint density at radius 1 is 1.53 bits per heavy atom. The van der Waals surface area contributed by atoms with Crippen LogP contribution in [0.15, 0.2) is 9.85 Å². The number of thioether (sulfide) groups is 1. The Balaban J connectivity index is 2.53. The predicted molar refractivity (Wildman–Crippen MR) is 66.1 cm³/mol. The minimum Gasteiger partial charge on any atom is -0.465 e. The van der Waals surface area contributed by atoms with E-state index in [4.69, 9.17) is 4.74 Å². The zero-order valence-electron chi connectivity index (χ0n) is 9.93. The monoisotopic (exact) mass is 274 g/mol. The van der Waals surface area contributed by atoms with Crippen LogP contribution in [0.25, 0.3) is 0 Å². The number of nitrogens with zero attached hydrogens (tertiary/aromatic N) is 2. The molecule has 0 spiro atoms. The number of ketones is 1. The largest absolute Gasteiger partial charge is 0.465 e. The fourth-order valence-electron chi connectivity index (χ4n) is 0.959. The number of Topliss-reactive ketones (excluding diaryl/α,β-unsaturated/α-hetero) is 1. The van der Waals surface area contributed by atoms with Gasteiger partial charge in [0.25, 0.3) is 0 Å². The maximum Gasteiger partial charge on any atom is 0.319 e. The Bertz CT molecular complexity index is 390. The lowest BCUT2D eigenvalue weighted by Crippen LogP contribution is -2.36. The summed E-state index contributed by atoms with van der Waals surface area (Å²) in [6.45, 7) is 5.15. The first-order valence-electron chi connectivity index (χ1n) is 5.08. The van der Waals surface area contributed by atoms with Crippen LogP contribution in [-0.4, -0.2) is 34.3 Å². The smallest absolute Gasteiger partial charge is 0.319 e. The van der Waals surface area contributed by atoms with Crippen LogP contribution in [0.1, 0.15) is 20.8 Å². The Kier molecular flexibility index (Phi) is 5.07. The van der Waals surface area contributed by atoms with Crippen molar-refractivity contribution in [3.8, 4) is 0 Å². The topological polar surface area (TPSA) is 69.2 Å². The molecular formula is C10H14N2O3S2. The molecule has 1 heterocycles. The van der Waals surface area contributed by atoms with E-state index in [1.807, 2.05) is 0 Å². The molecule has 0 fully saturated rings. The summed E-state index contributed by atoms with van der Waals surface area (Å²) < 4.78 is 5.59. The third-order valence-electron chi connectivity index (χ3n) is 2.15. The molecule has 0 N–H and O–H groups in total. The van der Waals surface area contributed by atoms with E-state index in [-0.39, 0.29) is 18.1 Å². The van der Waals surface area contributed by atoms with E-state index in [9.17, 15) is 9.59 Å². The molecule has 0 aliphatic carbocycles. The van der Waals surface area contributed by atoms with Gasteiger partial charge < -0.3 is 4.74 Å². The quantitative estimate of drug-likeness (QED) is 0.447. The van der Waals surface area contributed by atoms with Crippen LogP contribution in [0.2, 0.25) is 0 Å². The third kappa shape index (κ3) is 3.78. The molecule has 5 nitrogen and oxygen atoms in total. The Labute approximate surface area is 108 Å². The molecular weight excluding hydrogens is 260 g/mol. The lowest BCUT2D eigenvalue weighted by atomic mass is 9.89. The number of carbonyl (C=O) groups is 2. The van der Waals surface area contributed by atoms with Crippen molar-refractivity contribution in [2.75, 3.05) is 12.4 Å². The SMILES string of the molecule is CCOC(=O)C(C)(C)C(=O)CSc1nncs1. The van der Waals surface area contributed by atoms with Crippen LogP contribution in [0, 0.1) is 5.41 Å². The van der Waals surface area contributed by atoms with E-state index in [0.29, 0.717) is 0 Å². The van der Waals surface area contributed by atoms with Crippen molar-refractivity contribution in [2.45, 2.75) is 25.1 Å². The molecule has 1 rings (SSSR count). The lowest BCUT2D eigenvalue weighted by Gasteiger charge is -2.20. The number of hydrogen-bond acceptors (Lipinski definition) is 7. The highest BCUT2D eigenvalue weighted by Crippen LogP contribution is 2.25. The molecule has 0 radical (unpaired) electrons. The number of esters is 1. The molecule has 7 heteroatoms. The number of rotatable bonds is 6. The van der Waals surface area contributed by atoms with E-state index in [1.165, 1.54) is 23.1 Å². The summed E-state index contributed by atoms with van der Waals surface area (Å²) >= 11 is 2.65. The maximum absolute atomic E-state index is 11.9. The number of aromatic nitrogens is 2. The second-order valence-electron chi connectivity index (χ2n) is 3.76. The van der Waals surface area contributed by atoms with Gasteiger partial charge in [0.05, 0.1) is 12.4 Å². The highest BCUT2D eigenvalue weighted by Gasteiger charge is 2.37. The average molecular weight is 274 g/mol. The van der Waals surface area contributed by atoms with E-state index >= 15 is 0 Å². The molecule has 0 saturated carbocycles. The van der Waals surface area contributed by atoms with Crippen LogP contribution >= 0.6 is 23.1 Å². The predicted octanol–water partition coefficient (Wildman–Crippen LogP) is 1.79. The van der Waals surface area contributed by atoms with Gasteiger partial charge in [-0.3, -0.25) is 9.59 Å². The summed E-state index contributed by atoms with van der Waals surface area (Å²) in [5.41, 5.74) is 0.497. The Morgan fingerprint density at radius 2 is 2.24 bits per heavy atom. The van der Waals surface area contributed by atoms with Crippen LogP contribution in [-0.2, 0) is 14.3 Å². The van der Waals surface area contributed by atoms with Gasteiger partial charge >= 0.3 is 5.97 Å². The second kappa shape index (κ2) is 6.11. The average Bonchev–Trinajstić information content (AvgIpc) is 2.78. The van der Waals surface area contributed by atoms with Crippen molar-refractivity contribution in [1.82, 2.24) is 10.2 Å². The molecule has 17 heavy (non-hydrogen) atoms. The molecule has 0 amide bonds. The normalized spacial score (nSPS) is 11.2. The fraction of sp³-hybridized carbons (Fsp3) is 0.600. The van der Waals surface area contributed by atoms with Crippen molar-refractivity contribution in [2.24, 2.45) is 5.41 Å². The Hall–Kier alpha value is -0.950. The van der Waals surface area contributed by atoms with Crippen LogP contribution in [0.4, 0.5) is 0 Å². The molecule has 1 aromatic heterocycles. The molecule has 0 saturated heterocycles. The van der Waals surface area contributed by atoms with Gasteiger partial charge in [-0.15, -0.1) is 10.2 Å². The summed E-state index contributed by atoms with van der Waals surface area (Å²) in [6.07, 6.45) is 0. The van der Waals surface area contributed by atoms with Gasteiger partial charge in [0.15, 0.2) is 10.1 Å². The standard InChI is InChI=1S/C10H14N2O3S2/c1-4-15-8(14)10(2,3)7(13)5-16-9-12-11-6-17-9/h6H,4-5H2,1-3H3. The Morgan fingerprint density at radius 3 is 2.76 bits per heavy atom. The number of hydrogen-bond donors (Lipinski definition) is 0. The van der Waals surface area contributed by atoms with Gasteiger partial charge in [-0.05, 0) is 20.8 Å². The molecule has 0 aliphatic rings. The molecule has 0 unspecified atom stereocenters. The van der Waals surface area contributed by atoms with E-state index < -0.39 is 11.4 Å². The van der Waals surface area contributed by atoms with Crippen molar-refractivity contribution in [3.05, 3.63) is 5.51 Å². The molecule has 0 bridgehead atoms. The third-order valence-corrected chi connectivity index (χ3v) is 4.01. The highest BCUT2D eigenvalue weighted by molar-refractivity contribution is 8.01. The van der Waals surface area contributed by atoms with Gasteiger partial charge in [0.1, 0.15) is 10.9 Å². The number of ether oxygens (including phenoxy) is 1. The van der Waals surface area contributed by atoms with Crippen LogP contribution in [0.3, 0.4) is 0 Å². The molecule has 0 aromatic carbocycles. The van der Waals surface area contributed by atoms with Crippen LogP contribution < -0.4 is 0 Å². The molecule has 0 aliphatic heterocycles. The van der Waals surface area contributed by atoms with Gasteiger partial charge in [0.2, 0.25) is 0 Å². The highest BCUT2D eigenvalue weighted by atomic mass is 32.2. The summed E-state index contributed by atoms with van der Waals surface area (Å²) in [5.74, 6) is -0.458. The number of carbonyl (C=O) groups excluding carboxylic acids is 2. The summed E-state index contributed by atoms with van der Waals surface area (Å²) in [5, 5.41) is 7.49. The van der Waals surface area contributed by atoms with Crippen molar-refractivity contribution >= 4 is 34.9 Å². The minimum atomic E-state index is -1.10. The van der Waals surface area contributed by atoms with Crippen LogP contribution in [0.5, 0.6) is 0 Å². The fourth-order valence-corrected chi connectivity index (χ4v) is 2.54. The summed E-state index contributed by atoms with van der Waals surface area (Å²) in [4.78, 5) is 23.5. The minimum absolute atomic E-state index is 0.170. The zero-order chi connectivity index (χ0) is 12.9. The van der Waals surface area contributed by atoms with Gasteiger partial charge in [-0.25, -0.2) is 0 Å². The first kappa shape index (κ1) is 14.1. The van der Waals surface area contributed by atoms with Gasteiger partial charge in [-0.2, -0.15) is 0 Å². The lowest BCUT2D eigenvalue weighted by molar-refractivity contribution is -0.157. The van der Waals surface area contributed by atoms with E-state index in [0.717, 1.165) is 4.34 Å². The van der Waals surface area contributed by atoms with Crippen molar-refractivity contribution < 1.29 is 14.3 Å².